The molecule has 0 saturated carbocycles. The molecular weight excluding hydrogens is 348 g/mol. The molecule has 7 nitrogen and oxygen atoms in total. The summed E-state index contributed by atoms with van der Waals surface area (Å²) in [6, 6.07) is 10.9. The van der Waals surface area contributed by atoms with Crippen molar-refractivity contribution in [1.29, 1.82) is 0 Å². The van der Waals surface area contributed by atoms with Crippen molar-refractivity contribution in [3.8, 4) is 11.4 Å². The minimum Gasteiger partial charge on any atom is -0.320 e. The van der Waals surface area contributed by atoms with E-state index in [1.54, 1.807) is 18.2 Å². The first-order valence-corrected chi connectivity index (χ1v) is 7.22. The summed E-state index contributed by atoms with van der Waals surface area (Å²) in [4.78, 5) is 16.7. The molecule has 1 amide bonds. The van der Waals surface area contributed by atoms with E-state index in [1.165, 1.54) is 0 Å². The van der Waals surface area contributed by atoms with Crippen LogP contribution in [0.1, 0.15) is 16.2 Å². The number of nitrogens with one attached hydrogen (secondary N) is 2. The highest BCUT2D eigenvalue weighted by atomic mass is 79.9. The van der Waals surface area contributed by atoms with Gasteiger partial charge in [0.2, 0.25) is 5.82 Å². The van der Waals surface area contributed by atoms with E-state index in [1.807, 2.05) is 25.1 Å². The Bertz CT molecular complexity index is 818. The molecule has 0 aliphatic heterocycles. The molecule has 0 atom stereocenters. The van der Waals surface area contributed by atoms with Crippen molar-refractivity contribution >= 4 is 27.5 Å². The van der Waals surface area contributed by atoms with Crippen molar-refractivity contribution in [2.24, 2.45) is 0 Å². The van der Waals surface area contributed by atoms with Gasteiger partial charge < -0.3 is 5.32 Å². The lowest BCUT2D eigenvalue weighted by Gasteiger charge is -2.09. The maximum atomic E-state index is 12.4. The number of H-pyrrole nitrogens is 1. The van der Waals surface area contributed by atoms with Crippen LogP contribution in [0.5, 0.6) is 0 Å². The summed E-state index contributed by atoms with van der Waals surface area (Å²) >= 11 is 3.34. The Morgan fingerprint density at radius 1 is 1.23 bits per heavy atom. The zero-order chi connectivity index (χ0) is 15.5. The smallest absolute Gasteiger partial charge is 0.275 e. The minimum atomic E-state index is -0.313. The molecule has 8 heteroatoms. The largest absolute Gasteiger partial charge is 0.320 e. The minimum absolute atomic E-state index is 0.313. The molecule has 0 aliphatic rings. The SMILES string of the molecule is Cc1ccc(Br)c(C(=O)Nc2ccccc2-c2nn[nH]n2)n1. The van der Waals surface area contributed by atoms with Gasteiger partial charge >= 0.3 is 0 Å². The molecule has 0 spiro atoms. The lowest BCUT2D eigenvalue weighted by molar-refractivity contribution is 0.102. The van der Waals surface area contributed by atoms with Gasteiger partial charge in [0.1, 0.15) is 5.69 Å². The van der Waals surface area contributed by atoms with Gasteiger partial charge in [0.05, 0.1) is 5.69 Å². The molecule has 3 rings (SSSR count). The van der Waals surface area contributed by atoms with Crippen molar-refractivity contribution < 1.29 is 4.79 Å². The molecule has 1 aromatic carbocycles. The van der Waals surface area contributed by atoms with E-state index in [2.05, 4.69) is 46.9 Å². The van der Waals surface area contributed by atoms with Crippen molar-refractivity contribution in [3.63, 3.8) is 0 Å². The first kappa shape index (κ1) is 14.3. The van der Waals surface area contributed by atoms with Gasteiger partial charge in [-0.25, -0.2) is 4.98 Å². The Hall–Kier alpha value is -2.61. The fraction of sp³-hybridized carbons (Fsp3) is 0.0714. The van der Waals surface area contributed by atoms with Gasteiger partial charge in [-0.3, -0.25) is 4.79 Å². The number of aryl methyl sites for hydroxylation is 1. The maximum absolute atomic E-state index is 12.4. The number of amides is 1. The van der Waals surface area contributed by atoms with Gasteiger partial charge in [0.25, 0.3) is 5.91 Å². The van der Waals surface area contributed by atoms with Crippen molar-refractivity contribution in [3.05, 3.63) is 52.3 Å². The number of tetrazole rings is 1. The molecule has 0 fully saturated rings. The van der Waals surface area contributed by atoms with E-state index < -0.39 is 0 Å². The van der Waals surface area contributed by atoms with Crippen LogP contribution in [0.15, 0.2) is 40.9 Å². The second-order valence-electron chi connectivity index (χ2n) is 4.52. The Morgan fingerprint density at radius 2 is 2.05 bits per heavy atom. The lowest BCUT2D eigenvalue weighted by Crippen LogP contribution is -2.15. The van der Waals surface area contributed by atoms with Gasteiger partial charge in [-0.2, -0.15) is 5.21 Å². The van der Waals surface area contributed by atoms with Gasteiger partial charge in [0.15, 0.2) is 0 Å². The fourth-order valence-electron chi connectivity index (χ4n) is 1.94. The van der Waals surface area contributed by atoms with E-state index in [0.717, 1.165) is 5.69 Å². The first-order valence-electron chi connectivity index (χ1n) is 6.42. The first-order chi connectivity index (χ1) is 10.6. The standard InChI is InChI=1S/C14H11BrN6O/c1-8-6-7-10(15)12(16-8)14(22)17-11-5-3-2-4-9(11)13-18-20-21-19-13/h2-7H,1H3,(H,17,22)(H,18,19,20,21). The van der Waals surface area contributed by atoms with Crippen molar-refractivity contribution in [2.45, 2.75) is 6.92 Å². The van der Waals surface area contributed by atoms with Crippen LogP contribution in [0.25, 0.3) is 11.4 Å². The number of hydrogen-bond donors (Lipinski definition) is 2. The van der Waals surface area contributed by atoms with Gasteiger partial charge in [0, 0.05) is 15.7 Å². The highest BCUT2D eigenvalue weighted by molar-refractivity contribution is 9.10. The third-order valence-corrected chi connectivity index (χ3v) is 3.60. The van der Waals surface area contributed by atoms with E-state index in [9.17, 15) is 4.79 Å². The second kappa shape index (κ2) is 6.02. The molecule has 0 bridgehead atoms. The molecule has 2 N–H and O–H groups in total. The van der Waals surface area contributed by atoms with Gasteiger partial charge in [-0.1, -0.05) is 12.1 Å². The normalized spacial score (nSPS) is 10.5. The number of carbonyl (C=O) groups is 1. The lowest BCUT2D eigenvalue weighted by atomic mass is 10.1. The van der Waals surface area contributed by atoms with Gasteiger partial charge in [-0.15, -0.1) is 10.2 Å². The number of carbonyl (C=O) groups excluding carboxylic acids is 1. The van der Waals surface area contributed by atoms with E-state index in [0.29, 0.717) is 27.2 Å². The molecule has 22 heavy (non-hydrogen) atoms. The number of pyridine rings is 1. The summed E-state index contributed by atoms with van der Waals surface area (Å²) in [5.41, 5.74) is 2.35. The van der Waals surface area contributed by atoms with Crippen LogP contribution in [-0.4, -0.2) is 31.5 Å². The van der Waals surface area contributed by atoms with Crippen LogP contribution in [0.3, 0.4) is 0 Å². The number of aromatic nitrogens is 5. The van der Waals surface area contributed by atoms with Crippen LogP contribution < -0.4 is 5.32 Å². The zero-order valence-corrected chi connectivity index (χ0v) is 13.1. The second-order valence-corrected chi connectivity index (χ2v) is 5.37. The summed E-state index contributed by atoms with van der Waals surface area (Å²) in [6.07, 6.45) is 0. The van der Waals surface area contributed by atoms with Crippen LogP contribution >= 0.6 is 15.9 Å². The number of anilines is 1. The summed E-state index contributed by atoms with van der Waals surface area (Å²) in [6.45, 7) is 1.83. The number of aromatic amines is 1. The van der Waals surface area contributed by atoms with Crippen LogP contribution in [0, 0.1) is 6.92 Å². The molecule has 0 unspecified atom stereocenters. The van der Waals surface area contributed by atoms with Crippen molar-refractivity contribution in [2.75, 3.05) is 5.32 Å². The zero-order valence-electron chi connectivity index (χ0n) is 11.5. The Morgan fingerprint density at radius 3 is 2.82 bits per heavy atom. The van der Waals surface area contributed by atoms with Crippen LogP contribution in [-0.2, 0) is 0 Å². The molecule has 110 valence electrons. The van der Waals surface area contributed by atoms with Crippen LogP contribution in [0.4, 0.5) is 5.69 Å². The predicted molar refractivity (Wildman–Crippen MR) is 84.2 cm³/mol. The van der Waals surface area contributed by atoms with Crippen molar-refractivity contribution in [1.82, 2.24) is 25.6 Å². The van der Waals surface area contributed by atoms with Gasteiger partial charge in [-0.05, 0) is 52.3 Å². The average Bonchev–Trinajstić information content (AvgIpc) is 3.04. The van der Waals surface area contributed by atoms with E-state index in [4.69, 9.17) is 0 Å². The number of rotatable bonds is 3. The molecule has 3 aromatic rings. The molecule has 0 saturated heterocycles. The van der Waals surface area contributed by atoms with E-state index >= 15 is 0 Å². The Balaban J connectivity index is 1.94. The third kappa shape index (κ3) is 2.86. The summed E-state index contributed by atoms with van der Waals surface area (Å²) in [5.74, 6) is 0.0960. The fourth-order valence-corrected chi connectivity index (χ4v) is 2.34. The number of nitrogens with zero attached hydrogens (tertiary/aromatic N) is 4. The number of halogens is 1. The maximum Gasteiger partial charge on any atom is 0.275 e. The monoisotopic (exact) mass is 358 g/mol. The average molecular weight is 359 g/mol. The highest BCUT2D eigenvalue weighted by Gasteiger charge is 2.15. The Labute approximate surface area is 134 Å². The summed E-state index contributed by atoms with van der Waals surface area (Å²) in [5, 5.41) is 16.6. The highest BCUT2D eigenvalue weighted by Crippen LogP contribution is 2.25. The van der Waals surface area contributed by atoms with Crippen LogP contribution in [0.2, 0.25) is 0 Å². The number of benzene rings is 1. The summed E-state index contributed by atoms with van der Waals surface area (Å²) < 4.78 is 0.632. The Kier molecular flexibility index (Phi) is 3.92. The summed E-state index contributed by atoms with van der Waals surface area (Å²) in [7, 11) is 0. The molecule has 2 heterocycles. The topological polar surface area (TPSA) is 96.5 Å². The molecular formula is C14H11BrN6O. The predicted octanol–water partition coefficient (Wildman–Crippen LogP) is 2.58. The number of para-hydroxylation sites is 1. The molecule has 0 radical (unpaired) electrons. The molecule has 0 aliphatic carbocycles. The molecule has 2 aromatic heterocycles. The number of hydrogen-bond acceptors (Lipinski definition) is 5. The third-order valence-electron chi connectivity index (χ3n) is 2.96. The quantitative estimate of drug-likeness (QED) is 0.749. The van der Waals surface area contributed by atoms with E-state index in [-0.39, 0.29) is 5.91 Å².